The Bertz CT molecular complexity index is 701. The summed E-state index contributed by atoms with van der Waals surface area (Å²) in [7, 11) is 9.61. The number of hydrogen-bond donors (Lipinski definition) is 1. The molecule has 1 rings (SSSR count). The minimum absolute atomic E-state index is 0. The topological polar surface area (TPSA) is 162 Å². The van der Waals surface area contributed by atoms with Crippen LogP contribution >= 0.6 is 98.4 Å². The number of carbonyl (C=O) groups excluding carboxylic acids is 3. The van der Waals surface area contributed by atoms with Gasteiger partial charge in [0.15, 0.2) is 12.6 Å². The molecule has 1 N–H and O–H groups in total. The number of methoxy groups -OCH3 is 7. The van der Waals surface area contributed by atoms with E-state index < -0.39 is 30.4 Å². The molecular formula is C20H35I6N2O11-. The molecule has 1 heterocycles. The van der Waals surface area contributed by atoms with Crippen LogP contribution in [0.2, 0.25) is 0 Å². The third kappa shape index (κ3) is 29.5. The van der Waals surface area contributed by atoms with Crippen LogP contribution in [0.5, 0.6) is 0 Å². The fourth-order valence-corrected chi connectivity index (χ4v) is 1.95. The second-order valence-corrected chi connectivity index (χ2v) is 22.1. The average molecular weight is 1240 g/mol. The van der Waals surface area contributed by atoms with Gasteiger partial charge in [-0.3, -0.25) is 9.59 Å². The summed E-state index contributed by atoms with van der Waals surface area (Å²) in [5.41, 5.74) is 0.373. The van der Waals surface area contributed by atoms with E-state index in [1.165, 1.54) is 62.2 Å². The number of carbonyl (C=O) groups is 3. The molecule has 1 aromatic heterocycles. The molecule has 0 aliphatic carbocycles. The van der Waals surface area contributed by atoms with Crippen molar-refractivity contribution in [3.8, 4) is 0 Å². The van der Waals surface area contributed by atoms with E-state index in [1.54, 1.807) is 6.92 Å². The van der Waals surface area contributed by atoms with Gasteiger partial charge in [0.25, 0.3) is 0 Å². The van der Waals surface area contributed by atoms with Crippen molar-refractivity contribution < 1.29 is 65.9 Å². The molecule has 0 aromatic carbocycles. The number of ether oxygens (including phenoxy) is 7. The molecule has 0 saturated carbocycles. The number of aliphatic hydroxyl groups is 1. The summed E-state index contributed by atoms with van der Waals surface area (Å²) < 4.78 is 32.4. The summed E-state index contributed by atoms with van der Waals surface area (Å²) in [6, 6.07) is 0. The number of rotatable bonds is 10. The van der Waals surface area contributed by atoms with Crippen LogP contribution in [0.25, 0.3) is 0 Å². The predicted octanol–water partition coefficient (Wildman–Crippen LogP) is 1.29. The summed E-state index contributed by atoms with van der Waals surface area (Å²) in [4.78, 5) is 40.0. The second-order valence-electron chi connectivity index (χ2n) is 5.90. The van der Waals surface area contributed by atoms with Gasteiger partial charge in [0, 0.05) is 78.1 Å². The Morgan fingerprint density at radius 1 is 0.872 bits per heavy atom. The number of aliphatic hydroxyl groups excluding tert-OH is 1. The van der Waals surface area contributed by atoms with Gasteiger partial charge in [0.2, 0.25) is 0 Å². The van der Waals surface area contributed by atoms with Gasteiger partial charge in [0.1, 0.15) is 11.7 Å². The van der Waals surface area contributed by atoms with Crippen molar-refractivity contribution in [3.63, 3.8) is 0 Å². The summed E-state index contributed by atoms with van der Waals surface area (Å²) >= 11 is 9.54. The molecule has 1 unspecified atom stereocenters. The molecule has 234 valence electrons. The Morgan fingerprint density at radius 2 is 1.31 bits per heavy atom. The second kappa shape index (κ2) is 37.7. The molecule has 13 nitrogen and oxygen atoms in total. The van der Waals surface area contributed by atoms with Crippen molar-refractivity contribution in [2.45, 2.75) is 25.9 Å². The van der Waals surface area contributed by atoms with Crippen LogP contribution in [0, 0.1) is 12.8 Å². The molecular weight excluding hydrogens is 1210 g/mol. The Labute approximate surface area is 299 Å². The van der Waals surface area contributed by atoms with E-state index in [4.69, 9.17) is 24.1 Å². The maximum absolute atomic E-state index is 11.0. The molecule has 19 heteroatoms. The predicted molar refractivity (Wildman–Crippen MR) is 184 cm³/mol. The van der Waals surface area contributed by atoms with E-state index in [9.17, 15) is 14.4 Å². The molecule has 1 aromatic rings. The quantitative estimate of drug-likeness (QED) is 0.155. The maximum atomic E-state index is 11.0. The van der Waals surface area contributed by atoms with Crippen molar-refractivity contribution >= 4 is 116 Å². The standard InChI is InChI=1S/C7H8N2O2.C7H14O5.C6H12O4.I3.I2.HI/c1-5-8-3-6(4-9-5)7(10)11-2;1-10-6(9)5(4-8)7(11-2)12-3;1-8-5(7)4-6(9-2)10-3;1-3-2;1-2;/h3-4H,1-2H3;5,7-8H,4H2,1-3H3;6H,4H2,1-3H3;;;1H/q;;;-1;;. The molecule has 0 aliphatic rings. The molecule has 0 fully saturated rings. The number of nitrogens with zero attached hydrogens (tertiary/aromatic N) is 2. The van der Waals surface area contributed by atoms with Crippen molar-refractivity contribution in [2.75, 3.05) is 56.4 Å². The molecule has 0 amide bonds. The van der Waals surface area contributed by atoms with Crippen LogP contribution in [0.3, 0.4) is 0 Å². The molecule has 0 aliphatic heterocycles. The Hall–Kier alpha value is 1.67. The van der Waals surface area contributed by atoms with E-state index >= 15 is 0 Å². The molecule has 0 radical (unpaired) electrons. The SMILES string of the molecule is COC(=O)C(CO)C(OC)OC.COC(=O)CC(OC)OC.COC(=O)c1cnc(C)nc1.I.II.I[I-]I. The minimum atomic E-state index is -0.787. The van der Waals surface area contributed by atoms with E-state index in [0.29, 0.717) is 24.6 Å². The van der Waals surface area contributed by atoms with Crippen LogP contribution < -0.4 is 13.3 Å². The molecule has 39 heavy (non-hydrogen) atoms. The fraction of sp³-hybridized carbons (Fsp3) is 0.650. The van der Waals surface area contributed by atoms with Crippen LogP contribution in [-0.2, 0) is 42.7 Å². The average Bonchev–Trinajstić information content (AvgIpc) is 2.96. The van der Waals surface area contributed by atoms with Gasteiger partial charge >= 0.3 is 68.4 Å². The first kappa shape index (κ1) is 50.3. The Kier molecular flexibility index (Phi) is 48.6. The van der Waals surface area contributed by atoms with E-state index in [1.807, 2.05) is 0 Å². The van der Waals surface area contributed by atoms with Crippen LogP contribution in [-0.4, -0.2) is 102 Å². The number of aryl methyl sites for hydroxylation is 1. The third-order valence-corrected chi connectivity index (χ3v) is 3.78. The van der Waals surface area contributed by atoms with Gasteiger partial charge in [-0.05, 0) is 6.92 Å². The van der Waals surface area contributed by atoms with Crippen molar-refractivity contribution in [3.05, 3.63) is 23.8 Å². The van der Waals surface area contributed by atoms with E-state index in [2.05, 4.69) is 98.6 Å². The molecule has 0 spiro atoms. The fourth-order valence-electron chi connectivity index (χ4n) is 1.95. The van der Waals surface area contributed by atoms with Crippen LogP contribution in [0.15, 0.2) is 12.4 Å². The zero-order chi connectivity index (χ0) is 30.5. The Balaban J connectivity index is -0.000000135. The number of aromatic nitrogens is 2. The van der Waals surface area contributed by atoms with Gasteiger partial charge < -0.3 is 38.3 Å². The van der Waals surface area contributed by atoms with Gasteiger partial charge in [-0.2, -0.15) is 0 Å². The summed E-state index contributed by atoms with van der Waals surface area (Å²) in [5, 5.41) is 8.80. The van der Waals surface area contributed by atoms with Crippen molar-refractivity contribution in [1.82, 2.24) is 9.97 Å². The van der Waals surface area contributed by atoms with E-state index in [-0.39, 0.29) is 43.0 Å². The monoisotopic (exact) mass is 1240 g/mol. The summed E-state index contributed by atoms with van der Waals surface area (Å²) in [5.74, 6) is -1.45. The van der Waals surface area contributed by atoms with Gasteiger partial charge in [-0.1, -0.05) is 0 Å². The molecule has 1 atom stereocenters. The number of esters is 3. The summed E-state index contributed by atoms with van der Waals surface area (Å²) in [6.07, 6.45) is 1.75. The van der Waals surface area contributed by atoms with Gasteiger partial charge in [-0.25, -0.2) is 14.8 Å². The first-order chi connectivity index (χ1) is 18.1. The number of hydrogen-bond acceptors (Lipinski definition) is 13. The van der Waals surface area contributed by atoms with Gasteiger partial charge in [0.05, 0.1) is 39.9 Å². The Morgan fingerprint density at radius 3 is 1.59 bits per heavy atom. The van der Waals surface area contributed by atoms with Crippen LogP contribution in [0.4, 0.5) is 0 Å². The summed E-state index contributed by atoms with van der Waals surface area (Å²) in [6.45, 7) is 1.39. The molecule has 0 bridgehead atoms. The van der Waals surface area contributed by atoms with Crippen LogP contribution in [0.1, 0.15) is 22.6 Å². The zero-order valence-electron chi connectivity index (χ0n) is 22.5. The normalized spacial score (nSPS) is 9.92. The van der Waals surface area contributed by atoms with Crippen molar-refractivity contribution in [2.24, 2.45) is 5.92 Å². The zero-order valence-corrected chi connectivity index (χ0v) is 35.6. The third-order valence-electron chi connectivity index (χ3n) is 3.78. The van der Waals surface area contributed by atoms with Crippen molar-refractivity contribution in [1.29, 1.82) is 0 Å². The first-order valence-corrected chi connectivity index (χ1v) is 28.7. The number of halogens is 6. The van der Waals surface area contributed by atoms with E-state index in [0.717, 1.165) is 0 Å². The van der Waals surface area contributed by atoms with Gasteiger partial charge in [-0.15, -0.1) is 24.0 Å². The first-order valence-electron chi connectivity index (χ1n) is 9.85. The molecule has 0 saturated heterocycles.